The van der Waals surface area contributed by atoms with Crippen LogP contribution in [-0.4, -0.2) is 27.3 Å². The first-order valence-electron chi connectivity index (χ1n) is 4.49. The van der Waals surface area contributed by atoms with Gasteiger partial charge in [-0.25, -0.2) is 0 Å². The van der Waals surface area contributed by atoms with Gasteiger partial charge in [-0.15, -0.1) is 5.10 Å². The average molecular weight is 315 g/mol. The molecule has 78 valence electrons. The van der Waals surface area contributed by atoms with E-state index in [2.05, 4.69) is 43.4 Å². The summed E-state index contributed by atoms with van der Waals surface area (Å²) in [5.74, 6) is 0.807. The molecule has 0 unspecified atom stereocenters. The first-order chi connectivity index (χ1) is 7.33. The molecule has 2 rings (SSSR count). The number of hydrogen-bond acceptors (Lipinski definition) is 4. The van der Waals surface area contributed by atoms with Crippen LogP contribution in [0, 0.1) is 3.57 Å². The highest BCUT2D eigenvalue weighted by atomic mass is 127. The van der Waals surface area contributed by atoms with Crippen LogP contribution in [-0.2, 0) is 6.54 Å². The average Bonchev–Trinajstić information content (AvgIpc) is 2.67. The lowest BCUT2D eigenvalue weighted by Gasteiger charge is -2.05. The number of rotatable bonds is 3. The molecule has 1 N–H and O–H groups in total. The summed E-state index contributed by atoms with van der Waals surface area (Å²) in [7, 11) is 1.87. The lowest BCUT2D eigenvalue weighted by Crippen LogP contribution is -2.12. The van der Waals surface area contributed by atoms with Crippen LogP contribution < -0.4 is 5.32 Å². The molecule has 0 saturated carbocycles. The third-order valence-corrected chi connectivity index (χ3v) is 2.86. The van der Waals surface area contributed by atoms with Gasteiger partial charge in [-0.3, -0.25) is 0 Å². The molecule has 0 spiro atoms. The van der Waals surface area contributed by atoms with Crippen molar-refractivity contribution in [1.29, 1.82) is 0 Å². The Hall–Kier alpha value is -1.02. The zero-order chi connectivity index (χ0) is 10.7. The molecule has 0 radical (unpaired) electrons. The van der Waals surface area contributed by atoms with Crippen molar-refractivity contribution >= 4 is 22.6 Å². The summed E-state index contributed by atoms with van der Waals surface area (Å²) in [6, 6.07) is 7.99. The van der Waals surface area contributed by atoms with Gasteiger partial charge in [0.25, 0.3) is 0 Å². The van der Waals surface area contributed by atoms with E-state index >= 15 is 0 Å². The highest BCUT2D eigenvalue weighted by Crippen LogP contribution is 2.16. The van der Waals surface area contributed by atoms with Crippen LogP contribution in [0.3, 0.4) is 0 Å². The van der Waals surface area contributed by atoms with Crippen molar-refractivity contribution in [3.05, 3.63) is 33.7 Å². The lowest BCUT2D eigenvalue weighted by molar-refractivity contribution is 0.707. The molecule has 5 nitrogen and oxygen atoms in total. The van der Waals surface area contributed by atoms with Crippen molar-refractivity contribution in [2.24, 2.45) is 0 Å². The number of halogens is 1. The second-order valence-corrected chi connectivity index (χ2v) is 4.15. The SMILES string of the molecule is CNCc1nnnn1-c1ccccc1I. The molecule has 0 saturated heterocycles. The van der Waals surface area contributed by atoms with E-state index in [1.54, 1.807) is 4.68 Å². The molecule has 1 heterocycles. The zero-order valence-corrected chi connectivity index (χ0v) is 10.3. The Labute approximate surface area is 101 Å². The second-order valence-electron chi connectivity index (χ2n) is 2.99. The highest BCUT2D eigenvalue weighted by molar-refractivity contribution is 14.1. The summed E-state index contributed by atoms with van der Waals surface area (Å²) < 4.78 is 2.87. The first kappa shape index (κ1) is 10.5. The molecule has 15 heavy (non-hydrogen) atoms. The Morgan fingerprint density at radius 2 is 2.20 bits per heavy atom. The molecule has 0 aliphatic heterocycles. The molecular formula is C9H10IN5. The topological polar surface area (TPSA) is 55.6 Å². The maximum atomic E-state index is 3.98. The molecule has 0 atom stereocenters. The smallest absolute Gasteiger partial charge is 0.170 e. The third-order valence-electron chi connectivity index (χ3n) is 1.95. The number of hydrogen-bond donors (Lipinski definition) is 1. The van der Waals surface area contributed by atoms with Crippen LogP contribution in [0.4, 0.5) is 0 Å². The second kappa shape index (κ2) is 4.67. The summed E-state index contributed by atoms with van der Waals surface area (Å²) in [6.45, 7) is 0.651. The largest absolute Gasteiger partial charge is 0.313 e. The van der Waals surface area contributed by atoms with Gasteiger partial charge in [0.05, 0.1) is 12.2 Å². The normalized spacial score (nSPS) is 10.5. The van der Waals surface area contributed by atoms with Crippen molar-refractivity contribution in [1.82, 2.24) is 25.5 Å². The van der Waals surface area contributed by atoms with Gasteiger partial charge in [-0.1, -0.05) is 12.1 Å². The fourth-order valence-corrected chi connectivity index (χ4v) is 1.90. The predicted molar refractivity (Wildman–Crippen MR) is 64.6 cm³/mol. The van der Waals surface area contributed by atoms with Crippen LogP contribution in [0.5, 0.6) is 0 Å². The number of nitrogens with one attached hydrogen (secondary N) is 1. The minimum Gasteiger partial charge on any atom is -0.313 e. The van der Waals surface area contributed by atoms with E-state index in [9.17, 15) is 0 Å². The van der Waals surface area contributed by atoms with Crippen molar-refractivity contribution in [2.45, 2.75) is 6.54 Å². The van der Waals surface area contributed by atoms with Gasteiger partial charge in [0.15, 0.2) is 5.82 Å². The van der Waals surface area contributed by atoms with E-state index in [1.165, 1.54) is 0 Å². The van der Waals surface area contributed by atoms with E-state index < -0.39 is 0 Å². The third kappa shape index (κ3) is 2.15. The fraction of sp³-hybridized carbons (Fsp3) is 0.222. The zero-order valence-electron chi connectivity index (χ0n) is 8.18. The minimum absolute atomic E-state index is 0.651. The molecule has 0 bridgehead atoms. The molecule has 0 aliphatic rings. The molecule has 1 aromatic carbocycles. The monoisotopic (exact) mass is 315 g/mol. The van der Waals surface area contributed by atoms with E-state index in [-0.39, 0.29) is 0 Å². The van der Waals surface area contributed by atoms with Crippen LogP contribution in [0.2, 0.25) is 0 Å². The molecule has 0 aliphatic carbocycles. The van der Waals surface area contributed by atoms with Gasteiger partial charge >= 0.3 is 0 Å². The summed E-state index contributed by atoms with van der Waals surface area (Å²) in [6.07, 6.45) is 0. The molecule has 1 aromatic heterocycles. The van der Waals surface area contributed by atoms with Gasteiger partial charge in [0, 0.05) is 3.57 Å². The molecule has 6 heteroatoms. The van der Waals surface area contributed by atoms with Gasteiger partial charge in [0.2, 0.25) is 0 Å². The van der Waals surface area contributed by atoms with E-state index in [0.717, 1.165) is 15.1 Å². The van der Waals surface area contributed by atoms with Crippen LogP contribution in [0.15, 0.2) is 24.3 Å². The fourth-order valence-electron chi connectivity index (χ4n) is 1.28. The standard InChI is InChI=1S/C9H10IN5/c1-11-6-9-12-13-14-15(9)8-5-3-2-4-7(8)10/h2-5,11H,6H2,1H3. The summed E-state index contributed by atoms with van der Waals surface area (Å²) in [5.41, 5.74) is 1.01. The Balaban J connectivity index is 2.45. The lowest BCUT2D eigenvalue weighted by atomic mass is 10.3. The molecule has 2 aromatic rings. The maximum Gasteiger partial charge on any atom is 0.170 e. The Morgan fingerprint density at radius 3 is 2.93 bits per heavy atom. The van der Waals surface area contributed by atoms with Crippen molar-refractivity contribution in [3.63, 3.8) is 0 Å². The highest BCUT2D eigenvalue weighted by Gasteiger charge is 2.08. The van der Waals surface area contributed by atoms with E-state index in [4.69, 9.17) is 0 Å². The Bertz CT molecular complexity index is 453. The van der Waals surface area contributed by atoms with Gasteiger partial charge in [-0.05, 0) is 52.2 Å². The number of aromatic nitrogens is 4. The van der Waals surface area contributed by atoms with Crippen molar-refractivity contribution in [3.8, 4) is 5.69 Å². The quantitative estimate of drug-likeness (QED) is 0.858. The predicted octanol–water partition coefficient (Wildman–Crippen LogP) is 0.986. The van der Waals surface area contributed by atoms with Gasteiger partial charge in [-0.2, -0.15) is 4.68 Å². The number of nitrogens with zero attached hydrogens (tertiary/aromatic N) is 4. The van der Waals surface area contributed by atoms with E-state index in [1.807, 2.05) is 31.3 Å². The summed E-state index contributed by atoms with van der Waals surface area (Å²) in [5, 5.41) is 14.6. The van der Waals surface area contributed by atoms with Gasteiger partial charge in [0.1, 0.15) is 0 Å². The summed E-state index contributed by atoms with van der Waals surface area (Å²) >= 11 is 2.27. The Morgan fingerprint density at radius 1 is 1.40 bits per heavy atom. The van der Waals surface area contributed by atoms with Crippen molar-refractivity contribution < 1.29 is 0 Å². The van der Waals surface area contributed by atoms with Crippen LogP contribution >= 0.6 is 22.6 Å². The number of tetrazole rings is 1. The minimum atomic E-state index is 0.651. The number of para-hydroxylation sites is 1. The first-order valence-corrected chi connectivity index (χ1v) is 5.57. The Kier molecular flexibility index (Phi) is 3.27. The number of benzene rings is 1. The van der Waals surface area contributed by atoms with Crippen LogP contribution in [0.25, 0.3) is 5.69 Å². The summed E-state index contributed by atoms with van der Waals surface area (Å²) in [4.78, 5) is 0. The van der Waals surface area contributed by atoms with Crippen LogP contribution in [0.1, 0.15) is 5.82 Å². The van der Waals surface area contributed by atoms with Crippen molar-refractivity contribution in [2.75, 3.05) is 7.05 Å². The molecule has 0 amide bonds. The molecular weight excluding hydrogens is 305 g/mol. The van der Waals surface area contributed by atoms with Gasteiger partial charge < -0.3 is 5.32 Å². The maximum absolute atomic E-state index is 3.98. The van der Waals surface area contributed by atoms with E-state index in [0.29, 0.717) is 6.54 Å². The molecule has 0 fully saturated rings.